The lowest BCUT2D eigenvalue weighted by molar-refractivity contribution is -0.00000726. The van der Waals surface area contributed by atoms with Crippen LogP contribution in [0.15, 0.2) is 40.8 Å². The minimum atomic E-state index is -0.438. The number of furan rings is 1. The molecular weight excluding hydrogens is 286 g/mol. The van der Waals surface area contributed by atoms with Crippen molar-refractivity contribution < 1.29 is 21.9 Å². The number of aliphatic hydroxyl groups is 1. The zero-order valence-electron chi connectivity index (χ0n) is 13.0. The van der Waals surface area contributed by atoms with Crippen molar-refractivity contribution >= 4 is 0 Å². The largest absolute Gasteiger partial charge is 1.00 e. The smallest absolute Gasteiger partial charge is 0.134 e. The van der Waals surface area contributed by atoms with Crippen LogP contribution < -0.4 is 17.7 Å². The molecular formula is C17H23ClNO2-. The van der Waals surface area contributed by atoms with Crippen molar-refractivity contribution in [3.63, 3.8) is 0 Å². The Balaban J connectivity index is 0.00000220. The van der Waals surface area contributed by atoms with Crippen LogP contribution in [0.4, 0.5) is 0 Å². The quantitative estimate of drug-likeness (QED) is 0.882. The maximum absolute atomic E-state index is 9.50. The number of benzene rings is 1. The highest BCUT2D eigenvalue weighted by molar-refractivity contribution is 5.58. The molecule has 0 saturated heterocycles. The van der Waals surface area contributed by atoms with Gasteiger partial charge in [-0.2, -0.15) is 0 Å². The second-order valence-corrected chi connectivity index (χ2v) is 6.17. The lowest BCUT2D eigenvalue weighted by atomic mass is 10.1. The highest BCUT2D eigenvalue weighted by Gasteiger charge is 2.11. The summed E-state index contributed by atoms with van der Waals surface area (Å²) in [4.78, 5) is 0. The first kappa shape index (κ1) is 17.8. The molecule has 2 N–H and O–H groups in total. The summed E-state index contributed by atoms with van der Waals surface area (Å²) in [7, 11) is 0. The van der Waals surface area contributed by atoms with Gasteiger partial charge in [-0.1, -0.05) is 24.3 Å². The Hall–Kier alpha value is -1.29. The molecule has 3 nitrogen and oxygen atoms in total. The zero-order valence-corrected chi connectivity index (χ0v) is 13.7. The van der Waals surface area contributed by atoms with Crippen molar-refractivity contribution in [3.05, 3.63) is 47.7 Å². The molecule has 0 aliphatic heterocycles. The van der Waals surface area contributed by atoms with Gasteiger partial charge >= 0.3 is 0 Å². The van der Waals surface area contributed by atoms with E-state index < -0.39 is 6.10 Å². The van der Waals surface area contributed by atoms with Gasteiger partial charge in [-0.05, 0) is 45.4 Å². The molecule has 0 amide bonds. The molecule has 0 fully saturated rings. The number of aliphatic hydroxyl groups excluding tert-OH is 1. The van der Waals surface area contributed by atoms with E-state index in [1.165, 1.54) is 0 Å². The van der Waals surface area contributed by atoms with E-state index in [4.69, 9.17) is 4.42 Å². The number of hydrogen-bond acceptors (Lipinski definition) is 3. The molecule has 1 atom stereocenters. The molecule has 0 aliphatic rings. The fourth-order valence-corrected chi connectivity index (χ4v) is 1.91. The molecule has 1 aromatic heterocycles. The van der Waals surface area contributed by atoms with Crippen LogP contribution in [-0.4, -0.2) is 10.6 Å². The first-order chi connectivity index (χ1) is 9.35. The van der Waals surface area contributed by atoms with E-state index in [1.54, 1.807) is 6.92 Å². The Morgan fingerprint density at radius 1 is 1.10 bits per heavy atom. The first-order valence-corrected chi connectivity index (χ1v) is 6.97. The van der Waals surface area contributed by atoms with Gasteiger partial charge in [-0.25, -0.2) is 0 Å². The molecule has 1 aromatic carbocycles. The van der Waals surface area contributed by atoms with E-state index in [2.05, 4.69) is 26.1 Å². The molecule has 0 bridgehead atoms. The second-order valence-electron chi connectivity index (χ2n) is 6.17. The molecule has 0 aliphatic carbocycles. The van der Waals surface area contributed by atoms with Crippen molar-refractivity contribution in [2.45, 2.75) is 45.9 Å². The van der Waals surface area contributed by atoms with E-state index in [0.717, 1.165) is 29.2 Å². The van der Waals surface area contributed by atoms with Gasteiger partial charge in [-0.15, -0.1) is 0 Å². The maximum Gasteiger partial charge on any atom is 0.134 e. The maximum atomic E-state index is 9.50. The molecule has 116 valence electrons. The average molecular weight is 309 g/mol. The van der Waals surface area contributed by atoms with E-state index in [0.29, 0.717) is 0 Å². The zero-order chi connectivity index (χ0) is 14.8. The summed E-state index contributed by atoms with van der Waals surface area (Å²) >= 11 is 0. The van der Waals surface area contributed by atoms with Crippen LogP contribution in [0.25, 0.3) is 11.3 Å². The number of nitrogens with one attached hydrogen (secondary N) is 1. The summed E-state index contributed by atoms with van der Waals surface area (Å²) < 4.78 is 5.84. The summed E-state index contributed by atoms with van der Waals surface area (Å²) in [5.41, 5.74) is 2.01. The van der Waals surface area contributed by atoms with Crippen molar-refractivity contribution in [1.29, 1.82) is 0 Å². The van der Waals surface area contributed by atoms with E-state index >= 15 is 0 Å². The lowest BCUT2D eigenvalue weighted by Gasteiger charge is -2.19. The molecule has 2 aromatic rings. The van der Waals surface area contributed by atoms with Gasteiger partial charge in [0.05, 0.1) is 12.6 Å². The van der Waals surface area contributed by atoms with Crippen LogP contribution in [0.2, 0.25) is 0 Å². The Morgan fingerprint density at radius 3 is 2.24 bits per heavy atom. The van der Waals surface area contributed by atoms with Crippen molar-refractivity contribution in [1.82, 2.24) is 5.32 Å². The summed E-state index contributed by atoms with van der Waals surface area (Å²) in [6.07, 6.45) is -0.438. The standard InChI is InChI=1S/C17H23NO2.ClH/c1-12(19)13-5-7-14(8-6-13)16-10-9-15(20-16)11-18-17(2,3)4;/h5-10,12,18-19H,11H2,1-4H3;1H/p-1. The molecule has 2 rings (SSSR count). The lowest BCUT2D eigenvalue weighted by Crippen LogP contribution is -3.00. The number of rotatable bonds is 4. The van der Waals surface area contributed by atoms with Gasteiger partial charge in [-0.3, -0.25) is 0 Å². The highest BCUT2D eigenvalue weighted by Crippen LogP contribution is 2.24. The number of hydrogen-bond donors (Lipinski definition) is 2. The predicted molar refractivity (Wildman–Crippen MR) is 81.4 cm³/mol. The molecule has 0 radical (unpaired) electrons. The molecule has 0 saturated carbocycles. The van der Waals surface area contributed by atoms with Crippen LogP contribution in [0.5, 0.6) is 0 Å². The van der Waals surface area contributed by atoms with Crippen molar-refractivity contribution in [2.24, 2.45) is 0 Å². The summed E-state index contributed by atoms with van der Waals surface area (Å²) in [5, 5.41) is 12.9. The summed E-state index contributed by atoms with van der Waals surface area (Å²) in [6.45, 7) is 8.87. The van der Waals surface area contributed by atoms with Gasteiger partial charge in [0.15, 0.2) is 0 Å². The monoisotopic (exact) mass is 308 g/mol. The molecule has 4 heteroatoms. The average Bonchev–Trinajstić information content (AvgIpc) is 2.84. The van der Waals surface area contributed by atoms with Crippen LogP contribution in [0, 0.1) is 0 Å². The normalized spacial score (nSPS) is 12.8. The molecule has 1 heterocycles. The molecule has 21 heavy (non-hydrogen) atoms. The van der Waals surface area contributed by atoms with Gasteiger partial charge in [0.2, 0.25) is 0 Å². The van der Waals surface area contributed by atoms with Crippen LogP contribution >= 0.6 is 0 Å². The first-order valence-electron chi connectivity index (χ1n) is 6.97. The Kier molecular flexibility index (Phi) is 6.02. The Morgan fingerprint density at radius 2 is 1.71 bits per heavy atom. The summed E-state index contributed by atoms with van der Waals surface area (Å²) in [5.74, 6) is 1.78. The van der Waals surface area contributed by atoms with Crippen LogP contribution in [0.3, 0.4) is 0 Å². The number of halogens is 1. The third-order valence-corrected chi connectivity index (χ3v) is 3.13. The van der Waals surface area contributed by atoms with E-state index in [-0.39, 0.29) is 17.9 Å². The predicted octanol–water partition coefficient (Wildman–Crippen LogP) is 0.892. The SMILES string of the molecule is CC(O)c1ccc(-c2ccc(CNC(C)(C)C)o2)cc1.[Cl-]. The van der Waals surface area contributed by atoms with Crippen molar-refractivity contribution in [2.75, 3.05) is 0 Å². The third-order valence-electron chi connectivity index (χ3n) is 3.13. The molecule has 1 unspecified atom stereocenters. The van der Waals surface area contributed by atoms with Gasteiger partial charge < -0.3 is 27.2 Å². The molecule has 0 spiro atoms. The van der Waals surface area contributed by atoms with E-state index in [9.17, 15) is 5.11 Å². The van der Waals surface area contributed by atoms with Crippen LogP contribution in [-0.2, 0) is 6.54 Å². The topological polar surface area (TPSA) is 45.4 Å². The van der Waals surface area contributed by atoms with Crippen molar-refractivity contribution in [3.8, 4) is 11.3 Å². The van der Waals surface area contributed by atoms with Gasteiger partial charge in [0, 0.05) is 11.1 Å². The minimum absolute atomic E-state index is 0. The summed E-state index contributed by atoms with van der Waals surface area (Å²) in [6, 6.07) is 11.8. The van der Waals surface area contributed by atoms with E-state index in [1.807, 2.05) is 36.4 Å². The van der Waals surface area contributed by atoms with Crippen LogP contribution in [0.1, 0.15) is 45.1 Å². The Labute approximate surface area is 132 Å². The fourth-order valence-electron chi connectivity index (χ4n) is 1.91. The highest BCUT2D eigenvalue weighted by atomic mass is 35.5. The third kappa shape index (κ3) is 5.20. The van der Waals surface area contributed by atoms with Gasteiger partial charge in [0.25, 0.3) is 0 Å². The Bertz CT molecular complexity index is 553. The van der Waals surface area contributed by atoms with Gasteiger partial charge in [0.1, 0.15) is 11.5 Å². The fraction of sp³-hybridized carbons (Fsp3) is 0.412. The minimum Gasteiger partial charge on any atom is -1.00 e. The second kappa shape index (κ2) is 7.12.